The highest BCUT2D eigenvalue weighted by Crippen LogP contribution is 2.21. The predicted molar refractivity (Wildman–Crippen MR) is 70.0 cm³/mol. The van der Waals surface area contributed by atoms with Crippen molar-refractivity contribution in [2.75, 3.05) is 13.2 Å². The number of rotatable bonds is 4. The molecular weight excluding hydrogens is 305 g/mol. The quantitative estimate of drug-likeness (QED) is 0.641. The zero-order valence-corrected chi connectivity index (χ0v) is 11.4. The number of benzene rings is 1. The van der Waals surface area contributed by atoms with Crippen molar-refractivity contribution in [3.8, 4) is 5.75 Å². The van der Waals surface area contributed by atoms with Gasteiger partial charge in [-0.1, -0.05) is 0 Å². The number of ether oxygens (including phenoxy) is 2. The molecule has 8 heteroatoms. The second kappa shape index (κ2) is 6.08. The summed E-state index contributed by atoms with van der Waals surface area (Å²) in [6.45, 7) is 0.421. The Morgan fingerprint density at radius 3 is 2.64 bits per heavy atom. The van der Waals surface area contributed by atoms with Crippen molar-refractivity contribution >= 4 is 16.9 Å². The molecule has 0 spiro atoms. The Bertz CT molecular complexity index is 748. The molecule has 0 bridgehead atoms. The average Bonchev–Trinajstić information content (AvgIpc) is 2.43. The van der Waals surface area contributed by atoms with E-state index >= 15 is 0 Å². The molecule has 118 valence electrons. The Balaban J connectivity index is 2.32. The molecule has 0 aliphatic rings. The van der Waals surface area contributed by atoms with E-state index in [0.29, 0.717) is 17.7 Å². The molecule has 2 rings (SSSR count). The van der Waals surface area contributed by atoms with E-state index in [2.05, 4.69) is 4.74 Å². The molecule has 0 saturated heterocycles. The second-order valence-electron chi connectivity index (χ2n) is 4.27. The van der Waals surface area contributed by atoms with Gasteiger partial charge in [-0.05, 0) is 25.1 Å². The van der Waals surface area contributed by atoms with Crippen LogP contribution in [-0.4, -0.2) is 25.4 Å². The number of carbonyl (C=O) groups excluding carboxylic acids is 1. The molecule has 0 atom stereocenters. The van der Waals surface area contributed by atoms with E-state index in [-0.39, 0.29) is 5.58 Å². The van der Waals surface area contributed by atoms with Crippen LogP contribution in [0.5, 0.6) is 5.75 Å². The van der Waals surface area contributed by atoms with Crippen LogP contribution in [0.1, 0.15) is 17.3 Å². The van der Waals surface area contributed by atoms with Crippen LogP contribution >= 0.6 is 0 Å². The standard InChI is InChI=1S/C14H11F3O5/c1-2-20-9-4-3-8-5-10(13(19)22-11(8)6-9)12(18)21-7-14(15,16)17/h3-6H,2,7H2,1H3. The van der Waals surface area contributed by atoms with Crippen LogP contribution in [0, 0.1) is 0 Å². The molecule has 0 fully saturated rings. The van der Waals surface area contributed by atoms with Crippen molar-refractivity contribution in [3.63, 3.8) is 0 Å². The number of esters is 1. The fourth-order valence-corrected chi connectivity index (χ4v) is 1.72. The van der Waals surface area contributed by atoms with Crippen molar-refractivity contribution < 1.29 is 31.9 Å². The summed E-state index contributed by atoms with van der Waals surface area (Å²) in [5, 5.41) is 0.363. The van der Waals surface area contributed by atoms with Crippen LogP contribution in [0.2, 0.25) is 0 Å². The molecule has 0 radical (unpaired) electrons. The van der Waals surface area contributed by atoms with Gasteiger partial charge >= 0.3 is 17.8 Å². The third kappa shape index (κ3) is 3.78. The topological polar surface area (TPSA) is 65.7 Å². The van der Waals surface area contributed by atoms with E-state index in [4.69, 9.17) is 9.15 Å². The molecule has 0 aliphatic heterocycles. The summed E-state index contributed by atoms with van der Waals surface area (Å²) in [7, 11) is 0. The van der Waals surface area contributed by atoms with Gasteiger partial charge in [0, 0.05) is 11.5 Å². The molecule has 22 heavy (non-hydrogen) atoms. The first-order chi connectivity index (χ1) is 10.3. The summed E-state index contributed by atoms with van der Waals surface area (Å²) in [6.07, 6.45) is -4.67. The zero-order valence-electron chi connectivity index (χ0n) is 11.4. The van der Waals surface area contributed by atoms with E-state index in [9.17, 15) is 22.8 Å². The first kappa shape index (κ1) is 15.9. The van der Waals surface area contributed by atoms with E-state index in [1.807, 2.05) is 0 Å². The lowest BCUT2D eigenvalue weighted by molar-refractivity contribution is -0.161. The molecule has 2 aromatic rings. The van der Waals surface area contributed by atoms with E-state index < -0.39 is 29.9 Å². The summed E-state index contributed by atoms with van der Waals surface area (Å²) in [6, 6.07) is 5.67. The minimum atomic E-state index is -4.67. The van der Waals surface area contributed by atoms with Gasteiger partial charge in [0.15, 0.2) is 6.61 Å². The first-order valence-corrected chi connectivity index (χ1v) is 6.25. The Morgan fingerprint density at radius 2 is 2.00 bits per heavy atom. The number of fused-ring (bicyclic) bond motifs is 1. The summed E-state index contributed by atoms with van der Waals surface area (Å²) >= 11 is 0. The van der Waals surface area contributed by atoms with Gasteiger partial charge < -0.3 is 13.9 Å². The predicted octanol–water partition coefficient (Wildman–Crippen LogP) is 2.91. The van der Waals surface area contributed by atoms with Gasteiger partial charge in [0.25, 0.3) is 0 Å². The van der Waals surface area contributed by atoms with Gasteiger partial charge in [-0.25, -0.2) is 9.59 Å². The Labute approximate surface area is 122 Å². The van der Waals surface area contributed by atoms with Gasteiger partial charge in [0.1, 0.15) is 16.9 Å². The molecule has 0 saturated carbocycles. The van der Waals surface area contributed by atoms with Crippen LogP contribution in [-0.2, 0) is 4.74 Å². The Morgan fingerprint density at radius 1 is 1.27 bits per heavy atom. The lowest BCUT2D eigenvalue weighted by atomic mass is 10.2. The maximum Gasteiger partial charge on any atom is 0.422 e. The van der Waals surface area contributed by atoms with Gasteiger partial charge in [-0.3, -0.25) is 0 Å². The van der Waals surface area contributed by atoms with Crippen LogP contribution in [0.3, 0.4) is 0 Å². The minimum Gasteiger partial charge on any atom is -0.494 e. The van der Waals surface area contributed by atoms with Crippen molar-refractivity contribution in [2.24, 2.45) is 0 Å². The van der Waals surface area contributed by atoms with E-state index in [1.54, 1.807) is 13.0 Å². The lowest BCUT2D eigenvalue weighted by Gasteiger charge is -2.08. The molecule has 0 unspecified atom stereocenters. The van der Waals surface area contributed by atoms with E-state index in [1.165, 1.54) is 12.1 Å². The summed E-state index contributed by atoms with van der Waals surface area (Å²) in [5.74, 6) is -0.924. The first-order valence-electron chi connectivity index (χ1n) is 6.25. The Hall–Kier alpha value is -2.51. The van der Waals surface area contributed by atoms with Gasteiger partial charge in [0.05, 0.1) is 6.61 Å². The number of hydrogen-bond acceptors (Lipinski definition) is 5. The Kier molecular flexibility index (Phi) is 4.39. The van der Waals surface area contributed by atoms with Gasteiger partial charge in [0.2, 0.25) is 0 Å². The number of halogens is 3. The SMILES string of the molecule is CCOc1ccc2cc(C(=O)OCC(F)(F)F)c(=O)oc2c1. The lowest BCUT2D eigenvalue weighted by Crippen LogP contribution is -2.23. The zero-order chi connectivity index (χ0) is 16.3. The smallest absolute Gasteiger partial charge is 0.422 e. The largest absolute Gasteiger partial charge is 0.494 e. The third-order valence-electron chi connectivity index (χ3n) is 2.61. The second-order valence-corrected chi connectivity index (χ2v) is 4.27. The molecule has 0 aliphatic carbocycles. The van der Waals surface area contributed by atoms with Crippen molar-refractivity contribution in [3.05, 3.63) is 40.2 Å². The fraction of sp³-hybridized carbons (Fsp3) is 0.286. The van der Waals surface area contributed by atoms with Crippen molar-refractivity contribution in [1.82, 2.24) is 0 Å². The molecule has 0 N–H and O–H groups in total. The molecule has 1 aromatic carbocycles. The van der Waals surface area contributed by atoms with Crippen LogP contribution in [0.25, 0.3) is 11.0 Å². The monoisotopic (exact) mass is 316 g/mol. The maximum absolute atomic E-state index is 12.0. The highest BCUT2D eigenvalue weighted by Gasteiger charge is 2.30. The van der Waals surface area contributed by atoms with E-state index in [0.717, 1.165) is 6.07 Å². The normalized spacial score (nSPS) is 11.5. The highest BCUT2D eigenvalue weighted by molar-refractivity contribution is 5.93. The summed E-state index contributed by atoms with van der Waals surface area (Å²) in [5.41, 5.74) is -1.52. The van der Waals surface area contributed by atoms with Crippen LogP contribution in [0.4, 0.5) is 13.2 Å². The summed E-state index contributed by atoms with van der Waals surface area (Å²) in [4.78, 5) is 23.2. The van der Waals surface area contributed by atoms with Gasteiger partial charge in [-0.2, -0.15) is 13.2 Å². The fourth-order valence-electron chi connectivity index (χ4n) is 1.72. The van der Waals surface area contributed by atoms with Crippen LogP contribution < -0.4 is 10.4 Å². The number of carbonyl (C=O) groups is 1. The summed E-state index contributed by atoms with van der Waals surface area (Å²) < 4.78 is 50.2. The number of hydrogen-bond donors (Lipinski definition) is 0. The number of alkyl halides is 3. The van der Waals surface area contributed by atoms with Gasteiger partial charge in [-0.15, -0.1) is 0 Å². The van der Waals surface area contributed by atoms with Crippen molar-refractivity contribution in [1.29, 1.82) is 0 Å². The molecule has 1 aromatic heterocycles. The molecule has 5 nitrogen and oxygen atoms in total. The minimum absolute atomic E-state index is 0.156. The average molecular weight is 316 g/mol. The highest BCUT2D eigenvalue weighted by atomic mass is 19.4. The third-order valence-corrected chi connectivity index (χ3v) is 2.61. The van der Waals surface area contributed by atoms with Crippen molar-refractivity contribution in [2.45, 2.75) is 13.1 Å². The maximum atomic E-state index is 12.0. The molecule has 1 heterocycles. The molecule has 0 amide bonds. The van der Waals surface area contributed by atoms with Crippen LogP contribution in [0.15, 0.2) is 33.5 Å². The molecular formula is C14H11F3O5.